The normalized spacial score (nSPS) is 14.3. The molecule has 23 heavy (non-hydrogen) atoms. The van der Waals surface area contributed by atoms with E-state index in [4.69, 9.17) is 0 Å². The summed E-state index contributed by atoms with van der Waals surface area (Å²) in [5.41, 5.74) is 0.238. The van der Waals surface area contributed by atoms with Gasteiger partial charge in [-0.3, -0.25) is 4.79 Å². The molecule has 1 aliphatic rings. The highest BCUT2D eigenvalue weighted by Crippen LogP contribution is 2.18. The molecule has 0 aliphatic carbocycles. The Labute approximate surface area is 137 Å². The minimum Gasteiger partial charge on any atom is -0.338 e. The van der Waals surface area contributed by atoms with Crippen molar-refractivity contribution in [2.24, 2.45) is 0 Å². The Hall–Kier alpha value is -2.26. The molecule has 1 aromatic heterocycles. The summed E-state index contributed by atoms with van der Waals surface area (Å²) in [7, 11) is 0. The van der Waals surface area contributed by atoms with Gasteiger partial charge in [-0.2, -0.15) is 0 Å². The van der Waals surface area contributed by atoms with Gasteiger partial charge in [-0.15, -0.1) is 11.3 Å². The van der Waals surface area contributed by atoms with Gasteiger partial charge in [-0.25, -0.2) is 13.8 Å². The van der Waals surface area contributed by atoms with Crippen LogP contribution in [-0.4, -0.2) is 28.9 Å². The number of aromatic nitrogens is 1. The summed E-state index contributed by atoms with van der Waals surface area (Å²) in [6.45, 7) is 1.56. The molecule has 1 aliphatic heterocycles. The molecule has 1 fully saturated rings. The van der Waals surface area contributed by atoms with Crippen LogP contribution in [0.1, 0.15) is 39.5 Å². The average Bonchev–Trinajstić information content (AvgIpc) is 3.01. The third kappa shape index (κ3) is 3.93. The average molecular weight is 332 g/mol. The Balaban J connectivity index is 1.74. The molecule has 0 atom stereocenters. The fourth-order valence-corrected chi connectivity index (χ4v) is 3.17. The Morgan fingerprint density at radius 2 is 1.78 bits per heavy atom. The SMILES string of the molecule is O=C(c1cnc(C#Cc2cc(F)cc(F)c2)s1)N1CCCCC1. The number of benzene rings is 1. The lowest BCUT2D eigenvalue weighted by Gasteiger charge is -2.25. The Morgan fingerprint density at radius 3 is 2.48 bits per heavy atom. The Morgan fingerprint density at radius 1 is 1.09 bits per heavy atom. The zero-order chi connectivity index (χ0) is 16.2. The topological polar surface area (TPSA) is 33.2 Å². The van der Waals surface area contributed by atoms with Crippen LogP contribution < -0.4 is 0 Å². The maximum atomic E-state index is 13.1. The number of carbonyl (C=O) groups excluding carboxylic acids is 1. The van der Waals surface area contributed by atoms with Gasteiger partial charge < -0.3 is 4.90 Å². The van der Waals surface area contributed by atoms with Crippen molar-refractivity contribution in [3.63, 3.8) is 0 Å². The minimum absolute atomic E-state index is 0.0212. The van der Waals surface area contributed by atoms with Gasteiger partial charge in [0.2, 0.25) is 0 Å². The number of nitrogens with zero attached hydrogens (tertiary/aromatic N) is 2. The smallest absolute Gasteiger partial charge is 0.265 e. The molecular formula is C17H14F2N2OS. The predicted octanol–water partition coefficient (Wildman–Crippen LogP) is 3.45. The van der Waals surface area contributed by atoms with Crippen LogP contribution in [0.2, 0.25) is 0 Å². The monoisotopic (exact) mass is 332 g/mol. The fourth-order valence-electron chi connectivity index (χ4n) is 2.44. The van der Waals surface area contributed by atoms with Crippen LogP contribution in [-0.2, 0) is 0 Å². The molecular weight excluding hydrogens is 318 g/mol. The van der Waals surface area contributed by atoms with E-state index in [1.807, 2.05) is 4.90 Å². The molecule has 3 rings (SSSR count). The van der Waals surface area contributed by atoms with Crippen molar-refractivity contribution >= 4 is 17.2 Å². The maximum Gasteiger partial charge on any atom is 0.265 e. The quantitative estimate of drug-likeness (QED) is 0.750. The lowest BCUT2D eigenvalue weighted by Crippen LogP contribution is -2.35. The zero-order valence-electron chi connectivity index (χ0n) is 12.3. The van der Waals surface area contributed by atoms with Gasteiger partial charge in [0.1, 0.15) is 16.5 Å². The lowest BCUT2D eigenvalue weighted by atomic mass is 10.1. The number of carbonyl (C=O) groups is 1. The number of amides is 1. The molecule has 1 saturated heterocycles. The second-order valence-electron chi connectivity index (χ2n) is 5.29. The summed E-state index contributed by atoms with van der Waals surface area (Å²) in [5.74, 6) is 4.05. The Bertz CT molecular complexity index is 765. The highest BCUT2D eigenvalue weighted by atomic mass is 32.1. The second-order valence-corrected chi connectivity index (χ2v) is 6.32. The molecule has 0 unspecified atom stereocenters. The molecule has 0 saturated carbocycles. The van der Waals surface area contributed by atoms with Crippen LogP contribution in [0.4, 0.5) is 8.78 Å². The largest absolute Gasteiger partial charge is 0.338 e. The first-order chi connectivity index (χ1) is 11.1. The third-order valence-electron chi connectivity index (χ3n) is 3.54. The van der Waals surface area contributed by atoms with Gasteiger partial charge >= 0.3 is 0 Å². The number of thiazole rings is 1. The molecule has 6 heteroatoms. The predicted molar refractivity (Wildman–Crippen MR) is 84.2 cm³/mol. The van der Waals surface area contributed by atoms with Crippen molar-refractivity contribution in [2.75, 3.05) is 13.1 Å². The third-order valence-corrected chi connectivity index (χ3v) is 4.44. The van der Waals surface area contributed by atoms with Gasteiger partial charge in [0.15, 0.2) is 5.01 Å². The first-order valence-corrected chi connectivity index (χ1v) is 8.17. The molecule has 0 N–H and O–H groups in total. The molecule has 1 aromatic carbocycles. The number of likely N-dealkylation sites (tertiary alicyclic amines) is 1. The molecule has 0 spiro atoms. The number of rotatable bonds is 1. The van der Waals surface area contributed by atoms with Crippen molar-refractivity contribution in [2.45, 2.75) is 19.3 Å². The first kappa shape index (κ1) is 15.6. The van der Waals surface area contributed by atoms with E-state index in [-0.39, 0.29) is 11.5 Å². The maximum absolute atomic E-state index is 13.1. The van der Waals surface area contributed by atoms with E-state index in [1.165, 1.54) is 17.5 Å². The summed E-state index contributed by atoms with van der Waals surface area (Å²) < 4.78 is 26.2. The standard InChI is InChI=1S/C17H14F2N2OS/c18-13-8-12(9-14(19)10-13)4-5-16-20-11-15(23-16)17(22)21-6-2-1-3-7-21/h8-11H,1-3,6-7H2. The van der Waals surface area contributed by atoms with Crippen molar-refractivity contribution in [3.8, 4) is 11.8 Å². The number of piperidine rings is 1. The van der Waals surface area contributed by atoms with E-state index in [0.29, 0.717) is 9.88 Å². The van der Waals surface area contributed by atoms with E-state index in [0.717, 1.165) is 50.6 Å². The molecule has 2 heterocycles. The molecule has 0 radical (unpaired) electrons. The lowest BCUT2D eigenvalue weighted by molar-refractivity contribution is 0.0729. The van der Waals surface area contributed by atoms with E-state index >= 15 is 0 Å². The van der Waals surface area contributed by atoms with Crippen LogP contribution in [0, 0.1) is 23.5 Å². The van der Waals surface area contributed by atoms with Crippen LogP contribution in [0.3, 0.4) is 0 Å². The van der Waals surface area contributed by atoms with Crippen LogP contribution >= 0.6 is 11.3 Å². The van der Waals surface area contributed by atoms with Crippen LogP contribution in [0.5, 0.6) is 0 Å². The Kier molecular flexibility index (Phi) is 4.68. The van der Waals surface area contributed by atoms with E-state index in [1.54, 1.807) is 0 Å². The van der Waals surface area contributed by atoms with Gasteiger partial charge in [0, 0.05) is 24.7 Å². The van der Waals surface area contributed by atoms with E-state index in [2.05, 4.69) is 16.8 Å². The van der Waals surface area contributed by atoms with Gasteiger partial charge in [-0.1, -0.05) is 5.92 Å². The van der Waals surface area contributed by atoms with Crippen LogP contribution in [0.25, 0.3) is 0 Å². The molecule has 0 bridgehead atoms. The van der Waals surface area contributed by atoms with Gasteiger partial charge in [0.05, 0.1) is 6.20 Å². The summed E-state index contributed by atoms with van der Waals surface area (Å²) in [6, 6.07) is 3.11. The molecule has 2 aromatic rings. The van der Waals surface area contributed by atoms with Crippen LogP contribution in [0.15, 0.2) is 24.4 Å². The zero-order valence-corrected chi connectivity index (χ0v) is 13.1. The number of halogens is 2. The van der Waals surface area contributed by atoms with E-state index in [9.17, 15) is 13.6 Å². The fraction of sp³-hybridized carbons (Fsp3) is 0.294. The van der Waals surface area contributed by atoms with Crippen molar-refractivity contribution in [3.05, 3.63) is 51.5 Å². The summed E-state index contributed by atoms with van der Waals surface area (Å²) in [4.78, 5) is 18.8. The second kappa shape index (κ2) is 6.88. The highest BCUT2D eigenvalue weighted by Gasteiger charge is 2.19. The minimum atomic E-state index is -0.672. The first-order valence-electron chi connectivity index (χ1n) is 7.35. The highest BCUT2D eigenvalue weighted by molar-refractivity contribution is 7.14. The van der Waals surface area contributed by atoms with Gasteiger partial charge in [0.25, 0.3) is 5.91 Å². The van der Waals surface area contributed by atoms with Crippen molar-refractivity contribution < 1.29 is 13.6 Å². The van der Waals surface area contributed by atoms with Crippen molar-refractivity contribution in [1.82, 2.24) is 9.88 Å². The van der Waals surface area contributed by atoms with E-state index < -0.39 is 11.6 Å². The number of hydrogen-bond donors (Lipinski definition) is 0. The summed E-state index contributed by atoms with van der Waals surface area (Å²) in [5, 5.41) is 0.454. The molecule has 1 amide bonds. The van der Waals surface area contributed by atoms with Crippen molar-refractivity contribution in [1.29, 1.82) is 0 Å². The van der Waals surface area contributed by atoms with Gasteiger partial charge in [-0.05, 0) is 37.3 Å². The molecule has 118 valence electrons. The molecule has 3 nitrogen and oxygen atoms in total. The summed E-state index contributed by atoms with van der Waals surface area (Å²) in [6.07, 6.45) is 4.73. The number of hydrogen-bond acceptors (Lipinski definition) is 3. The summed E-state index contributed by atoms with van der Waals surface area (Å²) >= 11 is 1.20.